The number of rotatable bonds is 3. The van der Waals surface area contributed by atoms with Gasteiger partial charge in [0.2, 0.25) is 0 Å². The summed E-state index contributed by atoms with van der Waals surface area (Å²) < 4.78 is 4.90. The lowest BCUT2D eigenvalue weighted by Gasteiger charge is -1.87. The second-order valence-corrected chi connectivity index (χ2v) is 1.67. The van der Waals surface area contributed by atoms with Crippen LogP contribution in [0.5, 0.6) is 0 Å². The quantitative estimate of drug-likeness (QED) is 0.415. The molecule has 2 heteroatoms. The molecule has 0 aliphatic heterocycles. The molecule has 42 valence electrons. The van der Waals surface area contributed by atoms with Crippen LogP contribution in [0.4, 0.5) is 0 Å². The molecule has 0 saturated heterocycles. The maximum absolute atomic E-state index is 4.90. The van der Waals surface area contributed by atoms with Crippen molar-refractivity contribution < 1.29 is 4.18 Å². The van der Waals surface area contributed by atoms with Gasteiger partial charge in [0.05, 0.1) is 6.61 Å². The molecule has 0 N–H and O–H groups in total. The van der Waals surface area contributed by atoms with Gasteiger partial charge in [0, 0.05) is 12.0 Å². The predicted octanol–water partition coefficient (Wildman–Crippen LogP) is 2.20. The molecule has 0 saturated carbocycles. The lowest BCUT2D eigenvalue weighted by Crippen LogP contribution is -1.70. The van der Waals surface area contributed by atoms with E-state index in [4.69, 9.17) is 4.18 Å². The van der Waals surface area contributed by atoms with Crippen LogP contribution in [-0.4, -0.2) is 6.61 Å². The molecular formula is C5H10OS. The first-order chi connectivity index (χ1) is 3.41. The molecule has 7 heavy (non-hydrogen) atoms. The topological polar surface area (TPSA) is 9.23 Å². The van der Waals surface area contributed by atoms with Crippen LogP contribution >= 0.6 is 12.0 Å². The molecule has 0 bridgehead atoms. The third-order valence-electron chi connectivity index (χ3n) is 0.378. The molecule has 0 rings (SSSR count). The smallest absolute Gasteiger partial charge is 0.0590 e. The summed E-state index contributed by atoms with van der Waals surface area (Å²) in [5.41, 5.74) is 0. The first-order valence-electron chi connectivity index (χ1n) is 2.31. The zero-order valence-electron chi connectivity index (χ0n) is 4.68. The summed E-state index contributed by atoms with van der Waals surface area (Å²) in [6, 6.07) is 0. The van der Waals surface area contributed by atoms with Crippen LogP contribution in [0.15, 0.2) is 11.5 Å². The minimum Gasteiger partial charge on any atom is -0.311 e. The van der Waals surface area contributed by atoms with Crippen LogP contribution in [0.3, 0.4) is 0 Å². The van der Waals surface area contributed by atoms with Crippen molar-refractivity contribution in [2.75, 3.05) is 6.61 Å². The summed E-state index contributed by atoms with van der Waals surface area (Å²) in [7, 11) is 0. The molecule has 0 radical (unpaired) electrons. The summed E-state index contributed by atoms with van der Waals surface area (Å²) in [5, 5.41) is 1.91. The average molecular weight is 118 g/mol. The Labute approximate surface area is 49.0 Å². The Hall–Kier alpha value is 0.0500. The van der Waals surface area contributed by atoms with E-state index in [1.54, 1.807) is 0 Å². The van der Waals surface area contributed by atoms with Crippen molar-refractivity contribution in [2.24, 2.45) is 0 Å². The zero-order valence-corrected chi connectivity index (χ0v) is 5.49. The number of hydrogen-bond donors (Lipinski definition) is 0. The van der Waals surface area contributed by atoms with Gasteiger partial charge in [-0.15, -0.1) is 0 Å². The van der Waals surface area contributed by atoms with E-state index in [1.807, 2.05) is 25.3 Å². The van der Waals surface area contributed by atoms with Crippen molar-refractivity contribution in [3.8, 4) is 0 Å². The third kappa shape index (κ3) is 6.05. The fourth-order valence-corrected chi connectivity index (χ4v) is 0.489. The normalized spacial score (nSPS) is 10.6. The molecule has 0 heterocycles. The van der Waals surface area contributed by atoms with Gasteiger partial charge >= 0.3 is 0 Å². The SMILES string of the molecule is C/C=C/SOCC. The van der Waals surface area contributed by atoms with Gasteiger partial charge in [-0.2, -0.15) is 0 Å². The first kappa shape index (κ1) is 7.05. The zero-order chi connectivity index (χ0) is 5.54. The van der Waals surface area contributed by atoms with Crippen LogP contribution in [-0.2, 0) is 4.18 Å². The van der Waals surface area contributed by atoms with Crippen LogP contribution in [0.1, 0.15) is 13.8 Å². The van der Waals surface area contributed by atoms with E-state index in [0.29, 0.717) is 0 Å². The standard InChI is InChI=1S/C5H10OS/c1-3-5-7-6-4-2/h3,5H,4H2,1-2H3/b5-3+. The molecule has 0 aliphatic carbocycles. The predicted molar refractivity (Wildman–Crippen MR) is 34.0 cm³/mol. The van der Waals surface area contributed by atoms with E-state index in [1.165, 1.54) is 12.0 Å². The van der Waals surface area contributed by atoms with Gasteiger partial charge in [-0.1, -0.05) is 6.08 Å². The van der Waals surface area contributed by atoms with Crippen LogP contribution < -0.4 is 0 Å². The highest BCUT2D eigenvalue weighted by atomic mass is 32.2. The average Bonchev–Trinajstić information content (AvgIpc) is 1.69. The Morgan fingerprint density at radius 2 is 2.43 bits per heavy atom. The van der Waals surface area contributed by atoms with Crippen LogP contribution in [0, 0.1) is 0 Å². The molecular weight excluding hydrogens is 108 g/mol. The first-order valence-corrected chi connectivity index (χ1v) is 3.11. The van der Waals surface area contributed by atoms with E-state index in [2.05, 4.69) is 0 Å². The van der Waals surface area contributed by atoms with E-state index in [9.17, 15) is 0 Å². The van der Waals surface area contributed by atoms with Crippen molar-refractivity contribution >= 4 is 12.0 Å². The van der Waals surface area contributed by atoms with Gasteiger partial charge in [0.15, 0.2) is 0 Å². The van der Waals surface area contributed by atoms with Crippen molar-refractivity contribution in [2.45, 2.75) is 13.8 Å². The maximum Gasteiger partial charge on any atom is 0.0590 e. The third-order valence-corrected chi connectivity index (χ3v) is 1.13. The number of allylic oxidation sites excluding steroid dienone is 1. The van der Waals surface area contributed by atoms with Crippen molar-refractivity contribution in [3.63, 3.8) is 0 Å². The van der Waals surface area contributed by atoms with E-state index >= 15 is 0 Å². The fraction of sp³-hybridized carbons (Fsp3) is 0.600. The molecule has 0 aromatic rings. The summed E-state index contributed by atoms with van der Waals surface area (Å²) in [6.45, 7) is 4.71. The van der Waals surface area contributed by atoms with Crippen LogP contribution in [0.2, 0.25) is 0 Å². The van der Waals surface area contributed by atoms with E-state index in [-0.39, 0.29) is 0 Å². The molecule has 0 atom stereocenters. The van der Waals surface area contributed by atoms with Crippen molar-refractivity contribution in [1.29, 1.82) is 0 Å². The highest BCUT2D eigenvalue weighted by molar-refractivity contribution is 7.97. The molecule has 0 aliphatic rings. The van der Waals surface area contributed by atoms with Gasteiger partial charge in [0.1, 0.15) is 0 Å². The Morgan fingerprint density at radius 1 is 1.71 bits per heavy atom. The van der Waals surface area contributed by atoms with E-state index < -0.39 is 0 Å². The summed E-state index contributed by atoms with van der Waals surface area (Å²) in [6.07, 6.45) is 1.94. The maximum atomic E-state index is 4.90. The highest BCUT2D eigenvalue weighted by Gasteiger charge is 1.71. The molecule has 1 nitrogen and oxygen atoms in total. The van der Waals surface area contributed by atoms with E-state index in [0.717, 1.165) is 6.61 Å². The largest absolute Gasteiger partial charge is 0.311 e. The lowest BCUT2D eigenvalue weighted by atomic mass is 10.8. The Bertz CT molecular complexity index is 52.0. The van der Waals surface area contributed by atoms with Gasteiger partial charge in [-0.05, 0) is 19.3 Å². The Kier molecular flexibility index (Phi) is 6.09. The van der Waals surface area contributed by atoms with Crippen LogP contribution in [0.25, 0.3) is 0 Å². The van der Waals surface area contributed by atoms with Gasteiger partial charge < -0.3 is 4.18 Å². The molecule has 0 unspecified atom stereocenters. The molecule has 0 amide bonds. The Balaban J connectivity index is 2.69. The fourth-order valence-electron chi connectivity index (χ4n) is 0.163. The van der Waals surface area contributed by atoms with Gasteiger partial charge in [0.25, 0.3) is 0 Å². The minimum atomic E-state index is 0.773. The lowest BCUT2D eigenvalue weighted by molar-refractivity contribution is 0.405. The molecule has 0 aromatic carbocycles. The van der Waals surface area contributed by atoms with Gasteiger partial charge in [-0.3, -0.25) is 0 Å². The summed E-state index contributed by atoms with van der Waals surface area (Å²) in [5.74, 6) is 0. The second-order valence-electron chi connectivity index (χ2n) is 0.972. The van der Waals surface area contributed by atoms with Gasteiger partial charge in [-0.25, -0.2) is 0 Å². The monoisotopic (exact) mass is 118 g/mol. The molecule has 0 spiro atoms. The van der Waals surface area contributed by atoms with Crippen molar-refractivity contribution in [1.82, 2.24) is 0 Å². The Morgan fingerprint density at radius 3 is 2.86 bits per heavy atom. The highest BCUT2D eigenvalue weighted by Crippen LogP contribution is 2.01. The van der Waals surface area contributed by atoms with Crippen molar-refractivity contribution in [3.05, 3.63) is 11.5 Å². The molecule has 0 aromatic heterocycles. The minimum absolute atomic E-state index is 0.773. The second kappa shape index (κ2) is 6.05. The molecule has 0 fully saturated rings. The summed E-state index contributed by atoms with van der Waals surface area (Å²) in [4.78, 5) is 0. The summed E-state index contributed by atoms with van der Waals surface area (Å²) >= 11 is 1.37. The number of hydrogen-bond acceptors (Lipinski definition) is 2.